The lowest BCUT2D eigenvalue weighted by Crippen LogP contribution is -2.40. The normalized spacial score (nSPS) is 15.7. The Hall–Kier alpha value is -2.48. The molecule has 1 fully saturated rings. The Kier molecular flexibility index (Phi) is 5.51. The summed E-state index contributed by atoms with van der Waals surface area (Å²) in [4.78, 5) is 22.6. The van der Waals surface area contributed by atoms with Crippen LogP contribution in [0.5, 0.6) is 5.75 Å². The Labute approximate surface area is 153 Å². The highest BCUT2D eigenvalue weighted by Gasteiger charge is 2.28. The summed E-state index contributed by atoms with van der Waals surface area (Å²) in [7, 11) is -3.32. The third-order valence-electron chi connectivity index (χ3n) is 4.43. The van der Waals surface area contributed by atoms with E-state index in [9.17, 15) is 13.2 Å². The topological polar surface area (TPSA) is 89.5 Å². The maximum Gasteiger partial charge on any atom is 0.260 e. The van der Waals surface area contributed by atoms with Crippen LogP contribution in [0.15, 0.2) is 47.8 Å². The SMILES string of the molecule is CS(=O)(=O)c1cccnc1C1CCN(C(=O)COc2cccnc2)CC1. The predicted octanol–water partition coefficient (Wildman–Crippen LogP) is 1.67. The van der Waals surface area contributed by atoms with Crippen molar-refractivity contribution in [1.82, 2.24) is 14.9 Å². The standard InChI is InChI=1S/C18H21N3O4S/c1-26(23,24)16-5-3-9-20-18(16)14-6-10-21(11-7-14)17(22)13-25-15-4-2-8-19-12-15/h2-5,8-9,12,14H,6-7,10-11,13H2,1H3. The highest BCUT2D eigenvalue weighted by molar-refractivity contribution is 7.90. The first kappa shape index (κ1) is 18.3. The van der Waals surface area contributed by atoms with E-state index in [4.69, 9.17) is 4.74 Å². The molecule has 7 nitrogen and oxygen atoms in total. The van der Waals surface area contributed by atoms with Crippen LogP contribution in [0, 0.1) is 0 Å². The van der Waals surface area contributed by atoms with E-state index >= 15 is 0 Å². The third kappa shape index (κ3) is 4.37. The molecule has 1 aliphatic rings. The van der Waals surface area contributed by atoms with Crippen molar-refractivity contribution in [3.63, 3.8) is 0 Å². The zero-order chi connectivity index (χ0) is 18.6. The van der Waals surface area contributed by atoms with Crippen molar-refractivity contribution in [3.8, 4) is 5.75 Å². The lowest BCUT2D eigenvalue weighted by Gasteiger charge is -2.32. The van der Waals surface area contributed by atoms with Gasteiger partial charge in [0.25, 0.3) is 5.91 Å². The molecule has 3 heterocycles. The molecule has 0 aliphatic carbocycles. The van der Waals surface area contributed by atoms with Crippen molar-refractivity contribution in [2.24, 2.45) is 0 Å². The maximum atomic E-state index is 12.3. The summed E-state index contributed by atoms with van der Waals surface area (Å²) in [6.07, 6.45) is 7.37. The van der Waals surface area contributed by atoms with Gasteiger partial charge in [-0.3, -0.25) is 14.8 Å². The fraction of sp³-hybridized carbons (Fsp3) is 0.389. The van der Waals surface area contributed by atoms with E-state index in [0.29, 0.717) is 37.4 Å². The number of amides is 1. The molecule has 8 heteroatoms. The molecular weight excluding hydrogens is 354 g/mol. The number of aromatic nitrogens is 2. The first-order valence-electron chi connectivity index (χ1n) is 8.40. The summed E-state index contributed by atoms with van der Waals surface area (Å²) in [5.74, 6) is 0.503. The molecule has 3 rings (SSSR count). The quantitative estimate of drug-likeness (QED) is 0.790. The molecule has 0 saturated carbocycles. The summed E-state index contributed by atoms with van der Waals surface area (Å²) >= 11 is 0. The fourth-order valence-electron chi connectivity index (χ4n) is 3.09. The first-order chi connectivity index (χ1) is 12.4. The average molecular weight is 375 g/mol. The van der Waals surface area contributed by atoms with Crippen LogP contribution >= 0.6 is 0 Å². The number of piperidine rings is 1. The molecule has 0 spiro atoms. The second-order valence-electron chi connectivity index (χ2n) is 6.29. The van der Waals surface area contributed by atoms with Crippen LogP contribution in [-0.4, -0.2) is 55.1 Å². The molecule has 0 unspecified atom stereocenters. The van der Waals surface area contributed by atoms with Crippen LogP contribution in [0.3, 0.4) is 0 Å². The van der Waals surface area contributed by atoms with Crippen molar-refractivity contribution < 1.29 is 17.9 Å². The summed E-state index contributed by atoms with van der Waals surface area (Å²) in [5.41, 5.74) is 0.605. The van der Waals surface area contributed by atoms with E-state index in [0.717, 1.165) is 0 Å². The van der Waals surface area contributed by atoms with E-state index in [2.05, 4.69) is 9.97 Å². The molecule has 2 aromatic heterocycles. The first-order valence-corrected chi connectivity index (χ1v) is 10.3. The van der Waals surface area contributed by atoms with Gasteiger partial charge in [-0.25, -0.2) is 8.42 Å². The number of rotatable bonds is 5. The number of ether oxygens (including phenoxy) is 1. The number of carbonyl (C=O) groups is 1. The minimum Gasteiger partial charge on any atom is -0.482 e. The van der Waals surface area contributed by atoms with Gasteiger partial charge in [-0.05, 0) is 37.1 Å². The number of likely N-dealkylation sites (tertiary alicyclic amines) is 1. The Balaban J connectivity index is 1.59. The Morgan fingerprint density at radius 3 is 2.62 bits per heavy atom. The molecule has 2 aromatic rings. The minimum absolute atomic E-state index is 0.0317. The van der Waals surface area contributed by atoms with E-state index in [1.807, 2.05) is 0 Å². The molecule has 0 bridgehead atoms. The van der Waals surface area contributed by atoms with Crippen LogP contribution in [0.2, 0.25) is 0 Å². The van der Waals surface area contributed by atoms with Crippen molar-refractivity contribution in [3.05, 3.63) is 48.5 Å². The highest BCUT2D eigenvalue weighted by atomic mass is 32.2. The molecule has 0 atom stereocenters. The van der Waals surface area contributed by atoms with Crippen LogP contribution in [0.1, 0.15) is 24.5 Å². The summed E-state index contributed by atoms with van der Waals surface area (Å²) in [6, 6.07) is 6.73. The van der Waals surface area contributed by atoms with Crippen molar-refractivity contribution in [1.29, 1.82) is 0 Å². The number of hydrogen-bond donors (Lipinski definition) is 0. The molecule has 1 amide bonds. The number of nitrogens with zero attached hydrogens (tertiary/aromatic N) is 3. The predicted molar refractivity (Wildman–Crippen MR) is 95.6 cm³/mol. The van der Waals surface area contributed by atoms with Gasteiger partial charge in [0.2, 0.25) is 0 Å². The largest absolute Gasteiger partial charge is 0.482 e. The van der Waals surface area contributed by atoms with Crippen LogP contribution in [-0.2, 0) is 14.6 Å². The van der Waals surface area contributed by atoms with Crippen LogP contribution < -0.4 is 4.74 Å². The van der Waals surface area contributed by atoms with Gasteiger partial charge in [0.15, 0.2) is 16.4 Å². The zero-order valence-corrected chi connectivity index (χ0v) is 15.4. The lowest BCUT2D eigenvalue weighted by atomic mass is 9.93. The second kappa shape index (κ2) is 7.82. The summed E-state index contributed by atoms with van der Waals surface area (Å²) in [6.45, 7) is 1.08. The molecule has 138 valence electrons. The van der Waals surface area contributed by atoms with Gasteiger partial charge >= 0.3 is 0 Å². The Bertz CT molecular complexity index is 863. The molecular formula is C18H21N3O4S. The number of carbonyl (C=O) groups excluding carboxylic acids is 1. The maximum absolute atomic E-state index is 12.3. The van der Waals surface area contributed by atoms with Gasteiger partial charge in [0.1, 0.15) is 5.75 Å². The average Bonchev–Trinajstić information content (AvgIpc) is 2.66. The number of hydrogen-bond acceptors (Lipinski definition) is 6. The monoisotopic (exact) mass is 375 g/mol. The zero-order valence-electron chi connectivity index (χ0n) is 14.5. The summed E-state index contributed by atoms with van der Waals surface area (Å²) < 4.78 is 29.4. The molecule has 0 aromatic carbocycles. The van der Waals surface area contributed by atoms with E-state index in [1.54, 1.807) is 47.8 Å². The van der Waals surface area contributed by atoms with Gasteiger partial charge in [0.05, 0.1) is 16.8 Å². The molecule has 1 saturated heterocycles. The van der Waals surface area contributed by atoms with E-state index in [-0.39, 0.29) is 23.3 Å². The third-order valence-corrected chi connectivity index (χ3v) is 5.57. The number of sulfone groups is 1. The van der Waals surface area contributed by atoms with Crippen molar-refractivity contribution >= 4 is 15.7 Å². The van der Waals surface area contributed by atoms with Gasteiger partial charge in [-0.15, -0.1) is 0 Å². The minimum atomic E-state index is -3.32. The second-order valence-corrected chi connectivity index (χ2v) is 8.28. The Morgan fingerprint density at radius 2 is 1.96 bits per heavy atom. The van der Waals surface area contributed by atoms with Crippen molar-refractivity contribution in [2.75, 3.05) is 26.0 Å². The summed E-state index contributed by atoms with van der Waals surface area (Å²) in [5, 5.41) is 0. The van der Waals surface area contributed by atoms with Gasteiger partial charge < -0.3 is 9.64 Å². The number of pyridine rings is 2. The van der Waals surface area contributed by atoms with Gasteiger partial charge in [-0.2, -0.15) is 0 Å². The van der Waals surface area contributed by atoms with Crippen molar-refractivity contribution in [2.45, 2.75) is 23.7 Å². The van der Waals surface area contributed by atoms with Gasteiger partial charge in [0, 0.05) is 37.7 Å². The molecule has 0 N–H and O–H groups in total. The molecule has 0 radical (unpaired) electrons. The van der Waals surface area contributed by atoms with Crippen LogP contribution in [0.25, 0.3) is 0 Å². The molecule has 26 heavy (non-hydrogen) atoms. The van der Waals surface area contributed by atoms with E-state index in [1.165, 1.54) is 6.26 Å². The Morgan fingerprint density at radius 1 is 1.23 bits per heavy atom. The fourth-order valence-corrected chi connectivity index (χ4v) is 4.02. The van der Waals surface area contributed by atoms with Crippen LogP contribution in [0.4, 0.5) is 0 Å². The molecule has 1 aliphatic heterocycles. The van der Waals surface area contributed by atoms with Gasteiger partial charge in [-0.1, -0.05) is 0 Å². The smallest absolute Gasteiger partial charge is 0.260 e. The lowest BCUT2D eigenvalue weighted by molar-refractivity contribution is -0.134. The highest BCUT2D eigenvalue weighted by Crippen LogP contribution is 2.30. The van der Waals surface area contributed by atoms with E-state index < -0.39 is 9.84 Å².